The fourth-order valence-corrected chi connectivity index (χ4v) is 4.12. The molecule has 1 amide bonds. The molecular formula is C23H22N4O2S. The predicted molar refractivity (Wildman–Crippen MR) is 118 cm³/mol. The monoisotopic (exact) mass is 418 g/mol. The van der Waals surface area contributed by atoms with Crippen LogP contribution in [-0.4, -0.2) is 20.7 Å². The van der Waals surface area contributed by atoms with E-state index in [0.717, 1.165) is 28.1 Å². The molecule has 1 N–H and O–H groups in total. The van der Waals surface area contributed by atoms with Crippen LogP contribution >= 0.6 is 11.8 Å². The van der Waals surface area contributed by atoms with Gasteiger partial charge in [0.05, 0.1) is 11.8 Å². The molecule has 0 bridgehead atoms. The van der Waals surface area contributed by atoms with Crippen molar-refractivity contribution in [2.24, 2.45) is 7.05 Å². The van der Waals surface area contributed by atoms with Crippen molar-refractivity contribution in [1.29, 1.82) is 0 Å². The van der Waals surface area contributed by atoms with Gasteiger partial charge in [0, 0.05) is 12.7 Å². The summed E-state index contributed by atoms with van der Waals surface area (Å²) in [5.41, 5.74) is 3.69. The molecule has 0 aliphatic heterocycles. The minimum absolute atomic E-state index is 0.112. The van der Waals surface area contributed by atoms with E-state index in [1.807, 2.05) is 86.1 Å². The quantitative estimate of drug-likeness (QED) is 0.438. The fraction of sp³-hybridized carbons (Fsp3) is 0.174. The number of benzene rings is 2. The third-order valence-corrected chi connectivity index (χ3v) is 6.11. The summed E-state index contributed by atoms with van der Waals surface area (Å²) < 4.78 is 7.28. The summed E-state index contributed by atoms with van der Waals surface area (Å²) in [6.45, 7) is 3.90. The second-order valence-electron chi connectivity index (χ2n) is 7.02. The maximum absolute atomic E-state index is 13.2. The van der Waals surface area contributed by atoms with Crippen molar-refractivity contribution in [3.63, 3.8) is 0 Å². The van der Waals surface area contributed by atoms with Crippen LogP contribution in [0.4, 0.5) is 5.69 Å². The van der Waals surface area contributed by atoms with Gasteiger partial charge in [-0.05, 0) is 37.6 Å². The number of carbonyl (C=O) groups is 1. The van der Waals surface area contributed by atoms with E-state index in [2.05, 4.69) is 15.5 Å². The van der Waals surface area contributed by atoms with Gasteiger partial charge in [-0.1, -0.05) is 59.8 Å². The van der Waals surface area contributed by atoms with Crippen LogP contribution in [0.5, 0.6) is 0 Å². The van der Waals surface area contributed by atoms with E-state index >= 15 is 0 Å². The maximum atomic E-state index is 13.2. The number of hydrogen-bond acceptors (Lipinski definition) is 5. The number of amides is 1. The van der Waals surface area contributed by atoms with Crippen molar-refractivity contribution >= 4 is 23.4 Å². The van der Waals surface area contributed by atoms with E-state index in [4.69, 9.17) is 4.42 Å². The molecule has 2 aromatic carbocycles. The Bertz CT molecular complexity index is 1150. The number of aryl methyl sites for hydroxylation is 2. The number of carbonyl (C=O) groups excluding carboxylic acids is 1. The number of anilines is 1. The van der Waals surface area contributed by atoms with E-state index in [-0.39, 0.29) is 5.91 Å². The Labute approximate surface area is 179 Å². The second kappa shape index (κ2) is 8.59. The molecule has 0 radical (unpaired) electrons. The molecule has 0 aliphatic carbocycles. The standard InChI is InChI=1S/C23H22N4O2S/c1-15-9-11-18(12-10-15)24-22(28)20(17-7-5-4-6-8-17)30-23-26-25-21(27(23)3)19-13-14-29-16(19)2/h4-14,20H,1-3H3,(H,24,28)/t20-/m0/s1. The minimum Gasteiger partial charge on any atom is -0.469 e. The van der Waals surface area contributed by atoms with Crippen molar-refractivity contribution in [2.45, 2.75) is 24.3 Å². The topological polar surface area (TPSA) is 73.0 Å². The van der Waals surface area contributed by atoms with Crippen LogP contribution < -0.4 is 5.32 Å². The SMILES string of the molecule is Cc1ccc(NC(=O)[C@@H](Sc2nnc(-c3ccoc3C)n2C)c2ccccc2)cc1. The van der Waals surface area contributed by atoms with Gasteiger partial charge >= 0.3 is 0 Å². The van der Waals surface area contributed by atoms with Crippen molar-refractivity contribution in [3.8, 4) is 11.4 Å². The van der Waals surface area contributed by atoms with Crippen LogP contribution in [0.15, 0.2) is 76.5 Å². The third-order valence-electron chi connectivity index (χ3n) is 4.82. The highest BCUT2D eigenvalue weighted by Crippen LogP contribution is 2.36. The van der Waals surface area contributed by atoms with Gasteiger partial charge in [0.2, 0.25) is 5.91 Å². The average molecular weight is 419 g/mol. The highest BCUT2D eigenvalue weighted by Gasteiger charge is 2.26. The summed E-state index contributed by atoms with van der Waals surface area (Å²) in [6.07, 6.45) is 1.63. The molecule has 4 rings (SSSR count). The highest BCUT2D eigenvalue weighted by molar-refractivity contribution is 8.00. The van der Waals surface area contributed by atoms with E-state index in [0.29, 0.717) is 11.0 Å². The molecule has 0 saturated carbocycles. The van der Waals surface area contributed by atoms with Crippen LogP contribution in [0.3, 0.4) is 0 Å². The number of aromatic nitrogens is 3. The normalized spacial score (nSPS) is 12.0. The van der Waals surface area contributed by atoms with Gasteiger partial charge in [-0.2, -0.15) is 0 Å². The van der Waals surface area contributed by atoms with E-state index in [9.17, 15) is 4.79 Å². The summed E-state index contributed by atoms with van der Waals surface area (Å²) in [7, 11) is 1.89. The van der Waals surface area contributed by atoms with Gasteiger partial charge in [0.15, 0.2) is 11.0 Å². The van der Waals surface area contributed by atoms with E-state index < -0.39 is 5.25 Å². The lowest BCUT2D eigenvalue weighted by atomic mass is 10.1. The summed E-state index contributed by atoms with van der Waals surface area (Å²) in [5, 5.41) is 11.8. The molecule has 0 unspecified atom stereocenters. The predicted octanol–water partition coefficient (Wildman–Crippen LogP) is 5.16. The van der Waals surface area contributed by atoms with Crippen LogP contribution in [0.1, 0.15) is 22.1 Å². The largest absolute Gasteiger partial charge is 0.469 e. The zero-order valence-corrected chi connectivity index (χ0v) is 17.8. The number of hydrogen-bond donors (Lipinski definition) is 1. The van der Waals surface area contributed by atoms with Crippen LogP contribution in [0, 0.1) is 13.8 Å². The molecule has 2 aromatic heterocycles. The van der Waals surface area contributed by atoms with Crippen LogP contribution in [0.25, 0.3) is 11.4 Å². The van der Waals surface area contributed by atoms with Gasteiger partial charge in [-0.15, -0.1) is 10.2 Å². The molecule has 0 saturated heterocycles. The summed E-state index contributed by atoms with van der Waals surface area (Å²) in [5.74, 6) is 1.37. The number of furan rings is 1. The Balaban J connectivity index is 1.63. The molecule has 2 heterocycles. The molecule has 6 nitrogen and oxygen atoms in total. The van der Waals surface area contributed by atoms with Gasteiger partial charge in [-0.3, -0.25) is 4.79 Å². The summed E-state index contributed by atoms with van der Waals surface area (Å²) >= 11 is 1.37. The molecular weight excluding hydrogens is 396 g/mol. The van der Waals surface area contributed by atoms with Crippen molar-refractivity contribution in [2.75, 3.05) is 5.32 Å². The molecule has 1 atom stereocenters. The van der Waals surface area contributed by atoms with Crippen molar-refractivity contribution in [1.82, 2.24) is 14.8 Å². The Kier molecular flexibility index (Phi) is 5.72. The van der Waals surface area contributed by atoms with Gasteiger partial charge < -0.3 is 14.3 Å². The molecule has 30 heavy (non-hydrogen) atoms. The fourth-order valence-electron chi connectivity index (χ4n) is 3.12. The molecule has 0 spiro atoms. The van der Waals surface area contributed by atoms with Crippen LogP contribution in [-0.2, 0) is 11.8 Å². The summed E-state index contributed by atoms with van der Waals surface area (Å²) in [4.78, 5) is 13.2. The lowest BCUT2D eigenvalue weighted by molar-refractivity contribution is -0.115. The lowest BCUT2D eigenvalue weighted by Crippen LogP contribution is -2.19. The molecule has 152 valence electrons. The van der Waals surface area contributed by atoms with Gasteiger partial charge in [-0.25, -0.2) is 0 Å². The lowest BCUT2D eigenvalue weighted by Gasteiger charge is -2.16. The van der Waals surface area contributed by atoms with Crippen molar-refractivity contribution < 1.29 is 9.21 Å². The molecule has 0 fully saturated rings. The Morgan fingerprint density at radius 2 is 1.77 bits per heavy atom. The summed E-state index contributed by atoms with van der Waals surface area (Å²) in [6, 6.07) is 19.3. The second-order valence-corrected chi connectivity index (χ2v) is 8.09. The third kappa shape index (κ3) is 4.16. The highest BCUT2D eigenvalue weighted by atomic mass is 32.2. The van der Waals surface area contributed by atoms with E-state index in [1.54, 1.807) is 6.26 Å². The Hall–Kier alpha value is -3.32. The van der Waals surface area contributed by atoms with E-state index in [1.165, 1.54) is 11.8 Å². The van der Waals surface area contributed by atoms with Crippen molar-refractivity contribution in [3.05, 3.63) is 83.8 Å². The van der Waals surface area contributed by atoms with Gasteiger partial charge in [0.25, 0.3) is 0 Å². The first-order valence-electron chi connectivity index (χ1n) is 9.56. The minimum atomic E-state index is -0.478. The smallest absolute Gasteiger partial charge is 0.242 e. The van der Waals surface area contributed by atoms with Crippen LogP contribution in [0.2, 0.25) is 0 Å². The zero-order chi connectivity index (χ0) is 21.1. The Morgan fingerprint density at radius 1 is 1.03 bits per heavy atom. The zero-order valence-electron chi connectivity index (χ0n) is 17.0. The average Bonchev–Trinajstić information content (AvgIpc) is 3.33. The molecule has 7 heteroatoms. The molecule has 4 aromatic rings. The number of rotatable bonds is 6. The maximum Gasteiger partial charge on any atom is 0.242 e. The first-order valence-corrected chi connectivity index (χ1v) is 10.4. The first-order chi connectivity index (χ1) is 14.5. The number of nitrogens with zero attached hydrogens (tertiary/aromatic N) is 3. The number of thioether (sulfide) groups is 1. The molecule has 0 aliphatic rings. The first kappa shape index (κ1) is 20.0. The van der Waals surface area contributed by atoms with Gasteiger partial charge in [0.1, 0.15) is 11.0 Å². The number of nitrogens with one attached hydrogen (secondary N) is 1. The Morgan fingerprint density at radius 3 is 2.43 bits per heavy atom.